The first-order valence-electron chi connectivity index (χ1n) is 7.58. The fraction of sp³-hybridized carbons (Fsp3) is 0.235. The zero-order valence-electron chi connectivity index (χ0n) is 13.5. The van der Waals surface area contributed by atoms with Gasteiger partial charge in [0.1, 0.15) is 11.6 Å². The molecule has 0 aliphatic rings. The van der Waals surface area contributed by atoms with Gasteiger partial charge in [-0.1, -0.05) is 12.1 Å². The van der Waals surface area contributed by atoms with Gasteiger partial charge in [-0.05, 0) is 48.9 Å². The number of amides is 1. The van der Waals surface area contributed by atoms with Crippen molar-refractivity contribution in [3.05, 3.63) is 65.7 Å². The summed E-state index contributed by atoms with van der Waals surface area (Å²) in [7, 11) is -3.80. The van der Waals surface area contributed by atoms with Crippen molar-refractivity contribution in [3.8, 4) is 0 Å². The maximum absolute atomic E-state index is 12.9. The molecule has 0 saturated heterocycles. The summed E-state index contributed by atoms with van der Waals surface area (Å²) in [5.41, 5.74) is 0.738. The van der Waals surface area contributed by atoms with Crippen LogP contribution in [-0.2, 0) is 14.8 Å². The lowest BCUT2D eigenvalue weighted by molar-refractivity contribution is -0.121. The molecule has 1 unspecified atom stereocenters. The van der Waals surface area contributed by atoms with Crippen molar-refractivity contribution in [2.75, 3.05) is 6.54 Å². The van der Waals surface area contributed by atoms with Crippen molar-refractivity contribution in [1.29, 1.82) is 0 Å². The molecule has 0 heterocycles. The number of carbonyl (C=O) groups excluding carboxylic acids is 1. The lowest BCUT2D eigenvalue weighted by Crippen LogP contribution is -2.32. The van der Waals surface area contributed by atoms with Crippen LogP contribution >= 0.6 is 0 Å². The molecule has 1 atom stereocenters. The molecule has 2 N–H and O–H groups in total. The number of sulfonamides is 1. The normalized spacial score (nSPS) is 12.6. The maximum Gasteiger partial charge on any atom is 0.240 e. The van der Waals surface area contributed by atoms with E-state index in [0.29, 0.717) is 0 Å². The minimum Gasteiger partial charge on any atom is -0.350 e. The maximum atomic E-state index is 12.9. The van der Waals surface area contributed by atoms with Gasteiger partial charge >= 0.3 is 0 Å². The molecule has 0 aliphatic heterocycles. The molecule has 2 aromatic carbocycles. The molecule has 0 bridgehead atoms. The van der Waals surface area contributed by atoms with Gasteiger partial charge in [-0.2, -0.15) is 0 Å². The van der Waals surface area contributed by atoms with Gasteiger partial charge in [-0.3, -0.25) is 4.79 Å². The number of halogens is 2. The third kappa shape index (κ3) is 5.61. The number of nitrogens with one attached hydrogen (secondary N) is 2. The van der Waals surface area contributed by atoms with Crippen LogP contribution in [-0.4, -0.2) is 20.9 Å². The van der Waals surface area contributed by atoms with E-state index >= 15 is 0 Å². The van der Waals surface area contributed by atoms with Crippen molar-refractivity contribution in [2.45, 2.75) is 24.3 Å². The van der Waals surface area contributed by atoms with E-state index in [0.717, 1.165) is 29.8 Å². The fourth-order valence-electron chi connectivity index (χ4n) is 2.14. The first kappa shape index (κ1) is 19.0. The number of carbonyl (C=O) groups is 1. The van der Waals surface area contributed by atoms with Crippen LogP contribution in [0.4, 0.5) is 8.78 Å². The molecule has 2 aromatic rings. The van der Waals surface area contributed by atoms with Crippen molar-refractivity contribution in [3.63, 3.8) is 0 Å². The van der Waals surface area contributed by atoms with Gasteiger partial charge in [0, 0.05) is 13.0 Å². The lowest BCUT2D eigenvalue weighted by atomic mass is 10.1. The van der Waals surface area contributed by atoms with E-state index in [9.17, 15) is 22.0 Å². The zero-order valence-corrected chi connectivity index (χ0v) is 14.3. The van der Waals surface area contributed by atoms with E-state index in [2.05, 4.69) is 10.0 Å². The van der Waals surface area contributed by atoms with Crippen LogP contribution in [0.5, 0.6) is 0 Å². The van der Waals surface area contributed by atoms with Crippen LogP contribution in [0.3, 0.4) is 0 Å². The predicted octanol–water partition coefficient (Wildman–Crippen LogP) is 2.51. The topological polar surface area (TPSA) is 75.3 Å². The van der Waals surface area contributed by atoms with Crippen molar-refractivity contribution < 1.29 is 22.0 Å². The number of rotatable bonds is 7. The predicted molar refractivity (Wildman–Crippen MR) is 89.2 cm³/mol. The molecule has 2 rings (SSSR count). The van der Waals surface area contributed by atoms with E-state index in [1.165, 1.54) is 12.1 Å². The smallest absolute Gasteiger partial charge is 0.240 e. The van der Waals surface area contributed by atoms with Crippen LogP contribution in [0.1, 0.15) is 24.9 Å². The van der Waals surface area contributed by atoms with Gasteiger partial charge < -0.3 is 5.32 Å². The highest BCUT2D eigenvalue weighted by Crippen LogP contribution is 2.13. The second-order valence-corrected chi connectivity index (χ2v) is 7.21. The first-order chi connectivity index (χ1) is 11.8. The molecule has 134 valence electrons. The molecule has 8 heteroatoms. The molecule has 0 spiro atoms. The van der Waals surface area contributed by atoms with Crippen LogP contribution in [0.25, 0.3) is 0 Å². The fourth-order valence-corrected chi connectivity index (χ4v) is 3.18. The Morgan fingerprint density at radius 2 is 1.52 bits per heavy atom. The number of benzene rings is 2. The third-order valence-electron chi connectivity index (χ3n) is 3.52. The zero-order chi connectivity index (χ0) is 18.4. The molecule has 0 aromatic heterocycles. The number of hydrogen-bond acceptors (Lipinski definition) is 3. The van der Waals surface area contributed by atoms with E-state index in [1.54, 1.807) is 19.1 Å². The van der Waals surface area contributed by atoms with Crippen molar-refractivity contribution >= 4 is 15.9 Å². The minimum absolute atomic E-state index is 0.0635. The Kier molecular flexibility index (Phi) is 6.22. The van der Waals surface area contributed by atoms with E-state index in [1.807, 2.05) is 0 Å². The Bertz CT molecular complexity index is 822. The summed E-state index contributed by atoms with van der Waals surface area (Å²) in [6, 6.07) is 9.79. The Hall–Kier alpha value is -2.32. The summed E-state index contributed by atoms with van der Waals surface area (Å²) in [6.45, 7) is 1.65. The summed E-state index contributed by atoms with van der Waals surface area (Å²) < 4.78 is 52.0. The lowest BCUT2D eigenvalue weighted by Gasteiger charge is -2.14. The van der Waals surface area contributed by atoms with Gasteiger partial charge in [-0.25, -0.2) is 21.9 Å². The summed E-state index contributed by atoms with van der Waals surface area (Å²) >= 11 is 0. The summed E-state index contributed by atoms with van der Waals surface area (Å²) in [5.74, 6) is -1.25. The first-order valence-corrected chi connectivity index (χ1v) is 9.06. The second kappa shape index (κ2) is 8.17. The Labute approximate surface area is 145 Å². The van der Waals surface area contributed by atoms with E-state index in [4.69, 9.17) is 0 Å². The van der Waals surface area contributed by atoms with Crippen molar-refractivity contribution in [2.24, 2.45) is 0 Å². The number of hydrogen-bond donors (Lipinski definition) is 2. The summed E-state index contributed by atoms with van der Waals surface area (Å²) in [4.78, 5) is 11.8. The van der Waals surface area contributed by atoms with Gasteiger partial charge in [0.15, 0.2) is 0 Å². The highest BCUT2D eigenvalue weighted by Gasteiger charge is 2.15. The van der Waals surface area contributed by atoms with Crippen molar-refractivity contribution in [1.82, 2.24) is 10.0 Å². The molecular weight excluding hydrogens is 350 g/mol. The van der Waals surface area contributed by atoms with Crippen LogP contribution in [0.15, 0.2) is 53.4 Å². The van der Waals surface area contributed by atoms with Gasteiger partial charge in [0.05, 0.1) is 10.9 Å². The highest BCUT2D eigenvalue weighted by molar-refractivity contribution is 7.89. The van der Waals surface area contributed by atoms with E-state index in [-0.39, 0.29) is 35.6 Å². The molecule has 0 saturated carbocycles. The molecule has 5 nitrogen and oxygen atoms in total. The second-order valence-electron chi connectivity index (χ2n) is 5.44. The molecule has 1 amide bonds. The molecule has 0 radical (unpaired) electrons. The average molecular weight is 368 g/mol. The summed E-state index contributed by atoms with van der Waals surface area (Å²) in [6.07, 6.45) is -0.0635. The van der Waals surface area contributed by atoms with Crippen LogP contribution in [0.2, 0.25) is 0 Å². The molecule has 25 heavy (non-hydrogen) atoms. The molecular formula is C17H18F2N2O3S. The largest absolute Gasteiger partial charge is 0.350 e. The van der Waals surface area contributed by atoms with Gasteiger partial charge in [0.2, 0.25) is 15.9 Å². The Morgan fingerprint density at radius 3 is 2.08 bits per heavy atom. The van der Waals surface area contributed by atoms with Gasteiger partial charge in [0.25, 0.3) is 0 Å². The summed E-state index contributed by atoms with van der Waals surface area (Å²) in [5, 5.41) is 2.70. The van der Waals surface area contributed by atoms with Crippen LogP contribution < -0.4 is 10.0 Å². The standard InChI is InChI=1S/C17H18F2N2O3S/c1-12(13-2-4-14(18)5-3-13)21-17(22)10-11-20-25(23,24)16-8-6-15(19)7-9-16/h2-9,12,20H,10-11H2,1H3,(H,21,22). The van der Waals surface area contributed by atoms with E-state index < -0.39 is 15.8 Å². The Morgan fingerprint density at radius 1 is 1.00 bits per heavy atom. The third-order valence-corrected chi connectivity index (χ3v) is 4.99. The Balaban J connectivity index is 1.83. The molecule has 0 aliphatic carbocycles. The average Bonchev–Trinajstić information content (AvgIpc) is 2.55. The highest BCUT2D eigenvalue weighted by atomic mass is 32.2. The van der Waals surface area contributed by atoms with Crippen LogP contribution in [0, 0.1) is 11.6 Å². The molecule has 0 fully saturated rings. The SMILES string of the molecule is CC(NC(=O)CCNS(=O)(=O)c1ccc(F)cc1)c1ccc(F)cc1. The quantitative estimate of drug-likeness (QED) is 0.789. The monoisotopic (exact) mass is 368 g/mol. The minimum atomic E-state index is -3.80. The van der Waals surface area contributed by atoms with Gasteiger partial charge in [-0.15, -0.1) is 0 Å².